The zero-order valence-electron chi connectivity index (χ0n) is 29.6. The Morgan fingerprint density at radius 3 is 1.70 bits per heavy atom. The van der Waals surface area contributed by atoms with Crippen LogP contribution in [0.25, 0.3) is 76.2 Å². The van der Waals surface area contributed by atoms with Gasteiger partial charge in [-0.2, -0.15) is 0 Å². The van der Waals surface area contributed by atoms with Crippen molar-refractivity contribution in [3.05, 3.63) is 150 Å². The molecular formula is C46H40F2N2O4. The van der Waals surface area contributed by atoms with Crippen LogP contribution in [-0.4, -0.2) is 12.7 Å². The second-order valence-electron chi connectivity index (χ2n) is 13.7. The van der Waals surface area contributed by atoms with Crippen LogP contribution in [-0.2, 0) is 4.84 Å². The monoisotopic (exact) mass is 722 g/mol. The lowest BCUT2D eigenvalue weighted by Crippen LogP contribution is -2.14. The molecule has 9 rings (SSSR count). The van der Waals surface area contributed by atoms with Crippen LogP contribution in [0.4, 0.5) is 14.5 Å². The number of para-hydroxylation sites is 2. The van der Waals surface area contributed by atoms with E-state index in [1.807, 2.05) is 78.9 Å². The average Bonchev–Trinajstić information content (AvgIpc) is 3.49. The molecule has 8 heteroatoms. The molecule has 0 amide bonds. The number of rotatable bonds is 3. The van der Waals surface area contributed by atoms with Gasteiger partial charge in [0.25, 0.3) is 0 Å². The van der Waals surface area contributed by atoms with Crippen molar-refractivity contribution in [3.8, 4) is 16.9 Å². The molecule has 0 bridgehead atoms. The molecule has 0 spiro atoms. The summed E-state index contributed by atoms with van der Waals surface area (Å²) in [5.74, 6) is 0.325. The van der Waals surface area contributed by atoms with Gasteiger partial charge in [-0.15, -0.1) is 4.91 Å². The van der Waals surface area contributed by atoms with E-state index < -0.39 is 5.60 Å². The van der Waals surface area contributed by atoms with Crippen molar-refractivity contribution in [1.29, 1.82) is 0 Å². The molecule has 0 fully saturated rings. The Morgan fingerprint density at radius 2 is 1.11 bits per heavy atom. The normalized spacial score (nSPS) is 11.1. The van der Waals surface area contributed by atoms with Crippen LogP contribution in [0.2, 0.25) is 0 Å². The highest BCUT2D eigenvalue weighted by molar-refractivity contribution is 6.12. The Hall–Kier alpha value is -6.54. The number of hydrogen-bond acceptors (Lipinski definition) is 6. The van der Waals surface area contributed by atoms with E-state index in [1.54, 1.807) is 46.1 Å². The number of nitrogens with two attached hydrogens (primary N) is 1. The highest BCUT2D eigenvalue weighted by Gasteiger charge is 2.13. The second-order valence-corrected chi connectivity index (χ2v) is 13.7. The third-order valence-corrected chi connectivity index (χ3v) is 8.89. The first-order valence-electron chi connectivity index (χ1n) is 17.0. The predicted octanol–water partition coefficient (Wildman–Crippen LogP) is 13.5. The molecule has 0 aliphatic heterocycles. The van der Waals surface area contributed by atoms with Crippen LogP contribution in [0.3, 0.4) is 0 Å². The Bertz CT molecular complexity index is 2800. The molecule has 6 nitrogen and oxygen atoms in total. The minimum Gasteiger partial charge on any atom is -0.496 e. The number of methoxy groups -OCH3 is 1. The maximum Gasteiger partial charge on any atom is 0.155 e. The Kier molecular flexibility index (Phi) is 10.5. The number of ether oxygens (including phenoxy) is 1. The van der Waals surface area contributed by atoms with Crippen LogP contribution in [0.1, 0.15) is 28.2 Å². The smallest absolute Gasteiger partial charge is 0.155 e. The van der Waals surface area contributed by atoms with Crippen molar-refractivity contribution in [2.75, 3.05) is 12.8 Å². The molecule has 8 aromatic carbocycles. The Labute approximate surface area is 311 Å². The van der Waals surface area contributed by atoms with Gasteiger partial charge in [-0.3, -0.25) is 0 Å². The Morgan fingerprint density at radius 1 is 0.574 bits per heavy atom. The molecule has 0 aliphatic rings. The third-order valence-electron chi connectivity index (χ3n) is 8.89. The van der Waals surface area contributed by atoms with Crippen molar-refractivity contribution < 1.29 is 22.8 Å². The summed E-state index contributed by atoms with van der Waals surface area (Å²) in [6.45, 7) is 5.28. The lowest BCUT2D eigenvalue weighted by atomic mass is 9.96. The largest absolute Gasteiger partial charge is 0.496 e. The van der Waals surface area contributed by atoms with Crippen LogP contribution in [0, 0.1) is 16.5 Å². The van der Waals surface area contributed by atoms with Crippen LogP contribution in [0.15, 0.2) is 143 Å². The van der Waals surface area contributed by atoms with E-state index in [0.717, 1.165) is 81.9 Å². The molecule has 0 aliphatic carbocycles. The van der Waals surface area contributed by atoms with Gasteiger partial charge in [-0.25, -0.2) is 8.78 Å². The number of hydrogen-bond donors (Lipinski definition) is 1. The Balaban J connectivity index is 0.000000155. The summed E-state index contributed by atoms with van der Waals surface area (Å²) in [5.41, 5.74) is 10.0. The highest BCUT2D eigenvalue weighted by atomic mass is 19.1. The SMILES string of the molecule is C.CC(C)(C)ON=O.COc1cc2cc3ccc(F)cc3cc2cc1-c1ccccc1N.Fc1ccc2cc3cc4oc5ccccc5c4cc3cc2c1. The van der Waals surface area contributed by atoms with E-state index in [-0.39, 0.29) is 19.1 Å². The molecule has 0 atom stereocenters. The van der Waals surface area contributed by atoms with Gasteiger partial charge in [-0.05, 0) is 149 Å². The van der Waals surface area contributed by atoms with Gasteiger partial charge in [-0.1, -0.05) is 56.0 Å². The second kappa shape index (κ2) is 15.2. The summed E-state index contributed by atoms with van der Waals surface area (Å²) < 4.78 is 38.5. The van der Waals surface area contributed by atoms with E-state index in [1.165, 1.54) is 12.1 Å². The first-order chi connectivity index (χ1) is 25.5. The van der Waals surface area contributed by atoms with Gasteiger partial charge in [0, 0.05) is 27.6 Å². The summed E-state index contributed by atoms with van der Waals surface area (Å²) >= 11 is 0. The van der Waals surface area contributed by atoms with Gasteiger partial charge < -0.3 is 19.7 Å². The summed E-state index contributed by atoms with van der Waals surface area (Å²) in [6.07, 6.45) is 0. The molecule has 9 aromatic rings. The van der Waals surface area contributed by atoms with E-state index in [0.29, 0.717) is 5.69 Å². The van der Waals surface area contributed by atoms with E-state index >= 15 is 0 Å². The number of nitrogen functional groups attached to an aromatic ring is 1. The number of furan rings is 1. The molecule has 272 valence electrons. The lowest BCUT2D eigenvalue weighted by Gasteiger charge is -2.13. The van der Waals surface area contributed by atoms with Gasteiger partial charge in [0.2, 0.25) is 0 Å². The van der Waals surface area contributed by atoms with E-state index in [2.05, 4.69) is 34.4 Å². The standard InChI is InChI=1S/C21H16FNO.C20H11FO.C4H9NO2.CH4/c1-24-21-12-16-8-13-6-7-17(22)10-14(13)9-15(16)11-19(21)18-4-2-3-5-20(18)23;21-16-6-5-12-7-15-11-20-18(10-14(15)8-13(12)9-16)17-3-1-2-4-19(17)22-20;1-4(2,3)7-5-6;/h2-12H,23H2,1H3;1-11H;1-3H3;1H4. The predicted molar refractivity (Wildman–Crippen MR) is 220 cm³/mol. The molecule has 0 saturated heterocycles. The zero-order valence-corrected chi connectivity index (χ0v) is 29.6. The fraction of sp³-hybridized carbons (Fsp3) is 0.130. The maximum absolute atomic E-state index is 13.5. The van der Waals surface area contributed by atoms with E-state index in [9.17, 15) is 13.7 Å². The van der Waals surface area contributed by atoms with Crippen molar-refractivity contribution >= 4 is 70.7 Å². The zero-order chi connectivity index (χ0) is 37.3. The van der Waals surface area contributed by atoms with Crippen LogP contribution < -0.4 is 10.5 Å². The third kappa shape index (κ3) is 7.78. The van der Waals surface area contributed by atoms with Crippen molar-refractivity contribution in [2.45, 2.75) is 33.8 Å². The molecule has 1 aromatic heterocycles. The number of fused-ring (bicyclic) bond motifs is 7. The van der Waals surface area contributed by atoms with Crippen molar-refractivity contribution in [3.63, 3.8) is 0 Å². The van der Waals surface area contributed by atoms with Gasteiger partial charge >= 0.3 is 0 Å². The molecule has 1 heterocycles. The summed E-state index contributed by atoms with van der Waals surface area (Å²) in [6, 6.07) is 41.8. The first-order valence-corrected chi connectivity index (χ1v) is 17.0. The first kappa shape index (κ1) is 37.2. The molecule has 0 radical (unpaired) electrons. The molecular weight excluding hydrogens is 683 g/mol. The molecule has 0 saturated carbocycles. The van der Waals surface area contributed by atoms with Crippen LogP contribution >= 0.6 is 0 Å². The summed E-state index contributed by atoms with van der Waals surface area (Å²) in [5, 5.41) is 12.5. The van der Waals surface area contributed by atoms with Gasteiger partial charge in [0.05, 0.1) is 7.11 Å². The van der Waals surface area contributed by atoms with E-state index in [4.69, 9.17) is 14.9 Å². The minimum absolute atomic E-state index is 0. The number of anilines is 1. The quantitative estimate of drug-likeness (QED) is 0.0849. The van der Waals surface area contributed by atoms with Crippen LogP contribution in [0.5, 0.6) is 5.75 Å². The van der Waals surface area contributed by atoms with Gasteiger partial charge in [0.1, 0.15) is 34.2 Å². The maximum atomic E-state index is 13.5. The molecule has 0 unspecified atom stereocenters. The summed E-state index contributed by atoms with van der Waals surface area (Å²) in [7, 11) is 1.65. The lowest BCUT2D eigenvalue weighted by molar-refractivity contribution is -0.00230. The average molecular weight is 723 g/mol. The molecule has 54 heavy (non-hydrogen) atoms. The number of halogens is 2. The number of nitrogens with zero attached hydrogens (tertiary/aromatic N) is 1. The van der Waals surface area contributed by atoms with Crippen molar-refractivity contribution in [2.24, 2.45) is 5.34 Å². The minimum atomic E-state index is -0.429. The fourth-order valence-corrected chi connectivity index (χ4v) is 6.42. The topological polar surface area (TPSA) is 87.0 Å². The molecule has 2 N–H and O–H groups in total. The van der Waals surface area contributed by atoms with Gasteiger partial charge in [0.15, 0.2) is 5.34 Å². The summed E-state index contributed by atoms with van der Waals surface area (Å²) in [4.78, 5) is 13.6. The fourth-order valence-electron chi connectivity index (χ4n) is 6.42. The van der Waals surface area contributed by atoms with Crippen molar-refractivity contribution in [1.82, 2.24) is 0 Å². The highest BCUT2D eigenvalue weighted by Crippen LogP contribution is 2.38. The number of benzene rings is 8.